The highest BCUT2D eigenvalue weighted by molar-refractivity contribution is 5.94. The number of carbonyl (C=O) groups is 1. The second-order valence-corrected chi connectivity index (χ2v) is 7.57. The molecular formula is C22H26FN3O3. The van der Waals surface area contributed by atoms with Gasteiger partial charge in [-0.1, -0.05) is 6.07 Å². The van der Waals surface area contributed by atoms with Crippen molar-refractivity contribution in [3.8, 4) is 0 Å². The molecule has 6 nitrogen and oxygen atoms in total. The van der Waals surface area contributed by atoms with E-state index in [0.717, 1.165) is 24.2 Å². The fourth-order valence-corrected chi connectivity index (χ4v) is 4.12. The van der Waals surface area contributed by atoms with Crippen LogP contribution < -0.4 is 0 Å². The molecule has 1 aromatic heterocycles. The van der Waals surface area contributed by atoms with Gasteiger partial charge < -0.3 is 14.4 Å². The molecule has 0 aliphatic carbocycles. The lowest BCUT2D eigenvalue weighted by molar-refractivity contribution is -0.0819. The summed E-state index contributed by atoms with van der Waals surface area (Å²) < 4.78 is 25.5. The summed E-state index contributed by atoms with van der Waals surface area (Å²) in [7, 11) is 0. The van der Waals surface area contributed by atoms with Crippen LogP contribution in [0, 0.1) is 12.7 Å². The number of morpholine rings is 2. The van der Waals surface area contributed by atoms with Crippen LogP contribution >= 0.6 is 0 Å². The van der Waals surface area contributed by atoms with Crippen LogP contribution in [0.1, 0.15) is 27.5 Å². The highest BCUT2D eigenvalue weighted by Gasteiger charge is 2.38. The zero-order valence-electron chi connectivity index (χ0n) is 16.6. The van der Waals surface area contributed by atoms with E-state index in [0.29, 0.717) is 38.5 Å². The zero-order valence-corrected chi connectivity index (χ0v) is 16.6. The van der Waals surface area contributed by atoms with Gasteiger partial charge in [0.15, 0.2) is 0 Å². The van der Waals surface area contributed by atoms with Crippen molar-refractivity contribution in [2.24, 2.45) is 0 Å². The first-order valence-corrected chi connectivity index (χ1v) is 10.0. The molecule has 0 bridgehead atoms. The average molecular weight is 399 g/mol. The van der Waals surface area contributed by atoms with Gasteiger partial charge in [-0.15, -0.1) is 0 Å². The SMILES string of the molecule is Cc1cc(F)cc(C(=O)N2CCO[C@@H](CN3CCOCC3)[C@@H]2c2cccnc2)c1. The lowest BCUT2D eigenvalue weighted by Gasteiger charge is -2.43. The first-order chi connectivity index (χ1) is 14.1. The van der Waals surface area contributed by atoms with Crippen molar-refractivity contribution in [2.75, 3.05) is 46.0 Å². The molecule has 154 valence electrons. The number of nitrogens with zero attached hydrogens (tertiary/aromatic N) is 3. The first-order valence-electron chi connectivity index (χ1n) is 10.0. The number of pyridine rings is 1. The molecule has 0 radical (unpaired) electrons. The normalized spacial score (nSPS) is 23.2. The van der Waals surface area contributed by atoms with Gasteiger partial charge in [0.2, 0.25) is 0 Å². The van der Waals surface area contributed by atoms with Crippen molar-refractivity contribution in [1.82, 2.24) is 14.8 Å². The average Bonchev–Trinajstić information content (AvgIpc) is 2.74. The molecule has 0 unspecified atom stereocenters. The number of ether oxygens (including phenoxy) is 2. The van der Waals surface area contributed by atoms with Crippen LogP contribution in [0.15, 0.2) is 42.7 Å². The van der Waals surface area contributed by atoms with Crippen LogP contribution in [-0.2, 0) is 9.47 Å². The Hall–Kier alpha value is -2.35. The Morgan fingerprint density at radius 1 is 1.21 bits per heavy atom. The number of amides is 1. The second kappa shape index (κ2) is 8.98. The van der Waals surface area contributed by atoms with Crippen molar-refractivity contribution in [3.63, 3.8) is 0 Å². The predicted molar refractivity (Wildman–Crippen MR) is 106 cm³/mol. The summed E-state index contributed by atoms with van der Waals surface area (Å²) >= 11 is 0. The Bertz CT molecular complexity index is 822. The molecule has 2 aliphatic heterocycles. The summed E-state index contributed by atoms with van der Waals surface area (Å²) in [5, 5.41) is 0. The highest BCUT2D eigenvalue weighted by Crippen LogP contribution is 2.31. The van der Waals surface area contributed by atoms with E-state index >= 15 is 0 Å². The summed E-state index contributed by atoms with van der Waals surface area (Å²) in [4.78, 5) is 21.7. The van der Waals surface area contributed by atoms with Crippen LogP contribution in [0.5, 0.6) is 0 Å². The highest BCUT2D eigenvalue weighted by atomic mass is 19.1. The molecule has 0 saturated carbocycles. The molecule has 2 fully saturated rings. The lowest BCUT2D eigenvalue weighted by Crippen LogP contribution is -2.53. The minimum atomic E-state index is -0.399. The number of hydrogen-bond acceptors (Lipinski definition) is 5. The molecule has 0 spiro atoms. The van der Waals surface area contributed by atoms with Crippen molar-refractivity contribution >= 4 is 5.91 Å². The quantitative estimate of drug-likeness (QED) is 0.791. The number of aromatic nitrogens is 1. The Balaban J connectivity index is 1.64. The lowest BCUT2D eigenvalue weighted by atomic mass is 9.97. The van der Waals surface area contributed by atoms with E-state index in [4.69, 9.17) is 9.47 Å². The fourth-order valence-electron chi connectivity index (χ4n) is 4.12. The fraction of sp³-hybridized carbons (Fsp3) is 0.455. The van der Waals surface area contributed by atoms with Crippen LogP contribution in [0.3, 0.4) is 0 Å². The number of halogens is 1. The van der Waals surface area contributed by atoms with E-state index in [1.54, 1.807) is 30.3 Å². The Morgan fingerprint density at radius 2 is 2.03 bits per heavy atom. The number of aryl methyl sites for hydroxylation is 1. The largest absolute Gasteiger partial charge is 0.379 e. The summed E-state index contributed by atoms with van der Waals surface area (Å²) in [6.07, 6.45) is 3.30. The van der Waals surface area contributed by atoms with Gasteiger partial charge in [0.1, 0.15) is 5.82 Å². The van der Waals surface area contributed by atoms with Gasteiger partial charge in [0, 0.05) is 44.1 Å². The number of rotatable bonds is 4. The maximum atomic E-state index is 13.9. The number of hydrogen-bond donors (Lipinski definition) is 0. The topological polar surface area (TPSA) is 54.9 Å². The molecular weight excluding hydrogens is 373 g/mol. The molecule has 2 atom stereocenters. The minimum Gasteiger partial charge on any atom is -0.379 e. The molecule has 2 aromatic rings. The van der Waals surface area contributed by atoms with E-state index in [1.165, 1.54) is 12.1 Å². The second-order valence-electron chi connectivity index (χ2n) is 7.57. The smallest absolute Gasteiger partial charge is 0.254 e. The summed E-state index contributed by atoms with van der Waals surface area (Å²) in [6, 6.07) is 8.02. The molecule has 29 heavy (non-hydrogen) atoms. The molecule has 4 rings (SSSR count). The van der Waals surface area contributed by atoms with Gasteiger partial charge in [-0.3, -0.25) is 14.7 Å². The molecule has 1 aromatic carbocycles. The Kier molecular flexibility index (Phi) is 6.18. The first kappa shape index (κ1) is 19.9. The van der Waals surface area contributed by atoms with Gasteiger partial charge in [0.05, 0.1) is 32.0 Å². The van der Waals surface area contributed by atoms with Crippen LogP contribution in [0.4, 0.5) is 4.39 Å². The van der Waals surface area contributed by atoms with Crippen molar-refractivity contribution in [3.05, 3.63) is 65.2 Å². The van der Waals surface area contributed by atoms with Crippen LogP contribution in [0.2, 0.25) is 0 Å². The molecule has 7 heteroatoms. The van der Waals surface area contributed by atoms with E-state index in [1.807, 2.05) is 12.1 Å². The maximum Gasteiger partial charge on any atom is 0.254 e. The number of benzene rings is 1. The molecule has 2 saturated heterocycles. The van der Waals surface area contributed by atoms with Crippen molar-refractivity contribution in [1.29, 1.82) is 0 Å². The van der Waals surface area contributed by atoms with Gasteiger partial charge >= 0.3 is 0 Å². The summed E-state index contributed by atoms with van der Waals surface area (Å²) in [5.41, 5.74) is 2.01. The zero-order chi connectivity index (χ0) is 20.2. The third kappa shape index (κ3) is 4.63. The van der Waals surface area contributed by atoms with Crippen LogP contribution in [-0.4, -0.2) is 72.8 Å². The van der Waals surface area contributed by atoms with Crippen molar-refractivity contribution < 1.29 is 18.7 Å². The third-order valence-electron chi connectivity index (χ3n) is 5.47. The molecule has 2 aliphatic rings. The molecule has 0 N–H and O–H groups in total. The summed E-state index contributed by atoms with van der Waals surface area (Å²) in [5.74, 6) is -0.582. The van der Waals surface area contributed by atoms with Gasteiger partial charge in [0.25, 0.3) is 5.91 Å². The monoisotopic (exact) mass is 399 g/mol. The van der Waals surface area contributed by atoms with Gasteiger partial charge in [-0.05, 0) is 42.3 Å². The van der Waals surface area contributed by atoms with Crippen LogP contribution in [0.25, 0.3) is 0 Å². The van der Waals surface area contributed by atoms with E-state index < -0.39 is 5.82 Å². The maximum absolute atomic E-state index is 13.9. The third-order valence-corrected chi connectivity index (χ3v) is 5.47. The van der Waals surface area contributed by atoms with E-state index in [2.05, 4.69) is 9.88 Å². The van der Waals surface area contributed by atoms with E-state index in [9.17, 15) is 9.18 Å². The van der Waals surface area contributed by atoms with Gasteiger partial charge in [-0.25, -0.2) is 4.39 Å². The Labute approximate surface area is 170 Å². The minimum absolute atomic E-state index is 0.184. The molecule has 3 heterocycles. The summed E-state index contributed by atoms with van der Waals surface area (Å²) in [6.45, 7) is 6.49. The number of carbonyl (C=O) groups excluding carboxylic acids is 1. The van der Waals surface area contributed by atoms with Gasteiger partial charge in [-0.2, -0.15) is 0 Å². The van der Waals surface area contributed by atoms with E-state index in [-0.39, 0.29) is 18.1 Å². The predicted octanol–water partition coefficient (Wildman–Crippen LogP) is 2.44. The van der Waals surface area contributed by atoms with Crippen molar-refractivity contribution in [2.45, 2.75) is 19.1 Å². The Morgan fingerprint density at radius 3 is 2.76 bits per heavy atom. The molecule has 1 amide bonds. The standard InChI is InChI=1S/C22H26FN3O3/c1-16-11-18(13-19(23)12-16)22(27)26-7-10-29-20(15-25-5-8-28-9-6-25)21(26)17-3-2-4-24-14-17/h2-4,11-14,20-21H,5-10,15H2,1H3/t20-,21-/m0/s1.